The minimum atomic E-state index is -0.612. The van der Waals surface area contributed by atoms with Gasteiger partial charge in [-0.3, -0.25) is 9.59 Å². The van der Waals surface area contributed by atoms with Crippen molar-refractivity contribution in [2.45, 2.75) is 6.92 Å². The van der Waals surface area contributed by atoms with E-state index in [-0.39, 0.29) is 11.4 Å². The van der Waals surface area contributed by atoms with E-state index in [1.54, 1.807) is 72.1 Å². The van der Waals surface area contributed by atoms with E-state index in [9.17, 15) is 14.4 Å². The van der Waals surface area contributed by atoms with Crippen molar-refractivity contribution in [1.29, 1.82) is 0 Å². The number of amides is 2. The van der Waals surface area contributed by atoms with Gasteiger partial charge in [0.25, 0.3) is 11.8 Å². The zero-order chi connectivity index (χ0) is 29.9. The monoisotopic (exact) mass is 582 g/mol. The Morgan fingerprint density at radius 3 is 2.31 bits per heavy atom. The van der Waals surface area contributed by atoms with Gasteiger partial charge in [-0.2, -0.15) is 5.10 Å². The van der Waals surface area contributed by atoms with Crippen LogP contribution in [0.15, 0.2) is 101 Å². The summed E-state index contributed by atoms with van der Waals surface area (Å²) in [6, 6.07) is 24.5. The van der Waals surface area contributed by atoms with Crippen LogP contribution in [0.3, 0.4) is 0 Å². The number of hydrazone groups is 1. The van der Waals surface area contributed by atoms with E-state index in [1.807, 2.05) is 50.2 Å². The second-order valence-electron chi connectivity index (χ2n) is 9.07. The highest BCUT2D eigenvalue weighted by Gasteiger charge is 2.16. The summed E-state index contributed by atoms with van der Waals surface area (Å²) in [6.45, 7) is 2.17. The summed E-state index contributed by atoms with van der Waals surface area (Å²) in [4.78, 5) is 40.8. The van der Waals surface area contributed by atoms with Crippen LogP contribution in [-0.2, 0) is 4.79 Å². The lowest BCUT2D eigenvalue weighted by Gasteiger charge is -2.13. The van der Waals surface area contributed by atoms with Gasteiger partial charge in [0.15, 0.2) is 11.5 Å². The molecule has 3 aromatic carbocycles. The number of hydrogen-bond donors (Lipinski definition) is 2. The quantitative estimate of drug-likeness (QED) is 0.0811. The van der Waals surface area contributed by atoms with Crippen LogP contribution in [0.25, 0.3) is 6.08 Å². The molecule has 0 saturated carbocycles. The van der Waals surface area contributed by atoms with Gasteiger partial charge in [-0.25, -0.2) is 10.2 Å². The first-order chi connectivity index (χ1) is 20.3. The Labute approximate surface area is 248 Å². The Kier molecular flexibility index (Phi) is 10.2. The maximum atomic E-state index is 13.1. The Hall–Kier alpha value is -5.22. The minimum absolute atomic E-state index is 0.0180. The van der Waals surface area contributed by atoms with Crippen LogP contribution < -0.4 is 25.1 Å². The molecule has 2 amide bonds. The molecule has 0 aliphatic heterocycles. The predicted molar refractivity (Wildman–Crippen MR) is 165 cm³/mol. The third kappa shape index (κ3) is 8.15. The summed E-state index contributed by atoms with van der Waals surface area (Å²) in [5.74, 6) is -0.897. The van der Waals surface area contributed by atoms with Crippen LogP contribution in [-0.4, -0.2) is 44.7 Å². The number of esters is 1. The lowest BCUT2D eigenvalue weighted by molar-refractivity contribution is -0.117. The highest BCUT2D eigenvalue weighted by molar-refractivity contribution is 7.12. The molecule has 10 heteroatoms. The van der Waals surface area contributed by atoms with Crippen molar-refractivity contribution < 1.29 is 23.9 Å². The number of carbonyl (C=O) groups excluding carboxylic acids is 3. The molecule has 0 radical (unpaired) electrons. The molecule has 0 atom stereocenters. The van der Waals surface area contributed by atoms with Gasteiger partial charge in [0.2, 0.25) is 0 Å². The van der Waals surface area contributed by atoms with Crippen molar-refractivity contribution in [3.63, 3.8) is 0 Å². The van der Waals surface area contributed by atoms with Crippen molar-refractivity contribution in [3.8, 4) is 11.5 Å². The first-order valence-corrected chi connectivity index (χ1v) is 13.9. The third-order valence-electron chi connectivity index (χ3n) is 5.82. The maximum absolute atomic E-state index is 13.1. The van der Waals surface area contributed by atoms with Crippen LogP contribution in [0.1, 0.15) is 38.1 Å². The maximum Gasteiger partial charge on any atom is 0.353 e. The molecule has 0 bridgehead atoms. The molecule has 0 aliphatic rings. The highest BCUT2D eigenvalue weighted by Crippen LogP contribution is 2.29. The fourth-order valence-electron chi connectivity index (χ4n) is 3.71. The SMILES string of the molecule is CCOc1cc(/C=N/NC(=O)/C(=C/c2ccc(N(C)C)cc2)NC(=O)c2ccccc2)ccc1OC(=O)c1cccs1. The number of anilines is 1. The number of carbonyl (C=O) groups is 3. The average molecular weight is 583 g/mol. The van der Waals surface area contributed by atoms with E-state index >= 15 is 0 Å². The normalized spacial score (nSPS) is 11.2. The van der Waals surface area contributed by atoms with Crippen molar-refractivity contribution >= 4 is 47.1 Å². The number of nitrogens with zero attached hydrogens (tertiary/aromatic N) is 2. The first kappa shape index (κ1) is 29.8. The topological polar surface area (TPSA) is 109 Å². The van der Waals surface area contributed by atoms with E-state index in [0.717, 1.165) is 11.3 Å². The van der Waals surface area contributed by atoms with Gasteiger partial charge < -0.3 is 19.7 Å². The van der Waals surface area contributed by atoms with E-state index in [2.05, 4.69) is 15.8 Å². The molecule has 42 heavy (non-hydrogen) atoms. The Bertz CT molecular complexity index is 1580. The number of benzene rings is 3. The lowest BCUT2D eigenvalue weighted by Crippen LogP contribution is -2.32. The molecular formula is C32H30N4O5S. The third-order valence-corrected chi connectivity index (χ3v) is 6.67. The van der Waals surface area contributed by atoms with E-state index < -0.39 is 17.8 Å². The van der Waals surface area contributed by atoms with Gasteiger partial charge in [0, 0.05) is 25.3 Å². The largest absolute Gasteiger partial charge is 0.490 e. The Morgan fingerprint density at radius 2 is 1.64 bits per heavy atom. The molecule has 214 valence electrons. The average Bonchev–Trinajstić information content (AvgIpc) is 3.54. The summed E-state index contributed by atoms with van der Waals surface area (Å²) in [7, 11) is 3.87. The number of rotatable bonds is 11. The van der Waals surface area contributed by atoms with E-state index in [1.165, 1.54) is 17.6 Å². The molecule has 0 saturated heterocycles. The van der Waals surface area contributed by atoms with Crippen LogP contribution in [0.4, 0.5) is 5.69 Å². The molecule has 9 nitrogen and oxygen atoms in total. The predicted octanol–water partition coefficient (Wildman–Crippen LogP) is 5.35. The molecular weight excluding hydrogens is 552 g/mol. The summed E-state index contributed by atoms with van der Waals surface area (Å²) < 4.78 is 11.2. The van der Waals surface area contributed by atoms with Crippen molar-refractivity contribution in [1.82, 2.24) is 10.7 Å². The van der Waals surface area contributed by atoms with E-state index in [0.29, 0.717) is 28.4 Å². The fourth-order valence-corrected chi connectivity index (χ4v) is 4.30. The number of hydrogen-bond acceptors (Lipinski definition) is 8. The molecule has 0 aliphatic carbocycles. The zero-order valence-electron chi connectivity index (χ0n) is 23.4. The standard InChI is InChI=1S/C32H30N4O5S/c1-4-40-28-20-23(14-17-27(28)41-32(39)29-11-8-18-42-29)21-33-35-31(38)26(34-30(37)24-9-6-5-7-10-24)19-22-12-15-25(16-13-22)36(2)3/h5-21H,4H2,1-3H3,(H,34,37)(H,35,38)/b26-19-,33-21+. The zero-order valence-corrected chi connectivity index (χ0v) is 24.2. The first-order valence-electron chi connectivity index (χ1n) is 13.1. The number of ether oxygens (including phenoxy) is 2. The van der Waals surface area contributed by atoms with Crippen molar-refractivity contribution in [3.05, 3.63) is 118 Å². The van der Waals surface area contributed by atoms with Crippen LogP contribution in [0, 0.1) is 0 Å². The molecule has 0 unspecified atom stereocenters. The van der Waals surface area contributed by atoms with Gasteiger partial charge in [0.05, 0.1) is 12.8 Å². The highest BCUT2D eigenvalue weighted by atomic mass is 32.1. The van der Waals surface area contributed by atoms with Gasteiger partial charge in [0.1, 0.15) is 10.6 Å². The molecule has 0 fully saturated rings. The Morgan fingerprint density at radius 1 is 0.905 bits per heavy atom. The lowest BCUT2D eigenvalue weighted by atomic mass is 10.1. The molecule has 2 N–H and O–H groups in total. The fraction of sp³-hybridized carbons (Fsp3) is 0.125. The molecule has 1 aromatic heterocycles. The van der Waals surface area contributed by atoms with Crippen LogP contribution in [0.5, 0.6) is 11.5 Å². The molecule has 4 aromatic rings. The van der Waals surface area contributed by atoms with E-state index in [4.69, 9.17) is 9.47 Å². The Balaban J connectivity index is 1.50. The summed E-state index contributed by atoms with van der Waals surface area (Å²) in [5, 5.41) is 8.55. The second-order valence-corrected chi connectivity index (χ2v) is 10.0. The van der Waals surface area contributed by atoms with Gasteiger partial charge in [-0.1, -0.05) is 36.4 Å². The molecule has 1 heterocycles. The van der Waals surface area contributed by atoms with Crippen molar-refractivity contribution in [2.24, 2.45) is 5.10 Å². The number of nitrogens with one attached hydrogen (secondary N) is 2. The molecule has 4 rings (SSSR count). The number of thiophene rings is 1. The van der Waals surface area contributed by atoms with Gasteiger partial charge in [-0.05, 0) is 78.0 Å². The van der Waals surface area contributed by atoms with Gasteiger partial charge >= 0.3 is 5.97 Å². The van der Waals surface area contributed by atoms with Crippen LogP contribution >= 0.6 is 11.3 Å². The van der Waals surface area contributed by atoms with Crippen LogP contribution in [0.2, 0.25) is 0 Å². The smallest absolute Gasteiger partial charge is 0.353 e. The minimum Gasteiger partial charge on any atom is -0.490 e. The van der Waals surface area contributed by atoms with Crippen molar-refractivity contribution in [2.75, 3.05) is 25.6 Å². The summed E-state index contributed by atoms with van der Waals surface area (Å²) in [6.07, 6.45) is 3.00. The molecule has 0 spiro atoms. The summed E-state index contributed by atoms with van der Waals surface area (Å²) in [5.41, 5.74) is 5.20. The van der Waals surface area contributed by atoms with Gasteiger partial charge in [-0.15, -0.1) is 11.3 Å². The second kappa shape index (κ2) is 14.4. The summed E-state index contributed by atoms with van der Waals surface area (Å²) >= 11 is 1.28.